The van der Waals surface area contributed by atoms with E-state index in [0.717, 1.165) is 0 Å². The molecule has 0 aromatic rings. The van der Waals surface area contributed by atoms with E-state index in [1.807, 2.05) is 0 Å². The molecule has 0 aromatic heterocycles. The molecule has 1 amide bonds. The van der Waals surface area contributed by atoms with Crippen LogP contribution in [-0.2, 0) is 9.59 Å². The first kappa shape index (κ1) is 10.9. The van der Waals surface area contributed by atoms with Crippen molar-refractivity contribution in [2.24, 2.45) is 5.84 Å². The van der Waals surface area contributed by atoms with Crippen molar-refractivity contribution in [1.29, 1.82) is 0 Å². The van der Waals surface area contributed by atoms with E-state index in [9.17, 15) is 9.59 Å². The van der Waals surface area contributed by atoms with Gasteiger partial charge in [0.1, 0.15) is 6.04 Å². The van der Waals surface area contributed by atoms with Crippen molar-refractivity contribution in [3.8, 4) is 0 Å². The summed E-state index contributed by atoms with van der Waals surface area (Å²) in [5.41, 5.74) is 2.31. The molecule has 0 radical (unpaired) electrons. The van der Waals surface area contributed by atoms with Crippen LogP contribution in [0.1, 0.15) is 13.3 Å². The number of hydrazine groups is 1. The molecule has 1 unspecified atom stereocenters. The maximum absolute atomic E-state index is 10.5. The summed E-state index contributed by atoms with van der Waals surface area (Å²) in [6.07, 6.45) is 0.269. The number of nitrogens with one attached hydrogen (secondary N) is 2. The van der Waals surface area contributed by atoms with Crippen molar-refractivity contribution in [2.45, 2.75) is 19.4 Å². The lowest BCUT2D eigenvalue weighted by Gasteiger charge is -2.11. The Morgan fingerprint density at radius 3 is 2.50 bits per heavy atom. The molecule has 5 N–H and O–H groups in total. The van der Waals surface area contributed by atoms with Crippen LogP contribution in [0.15, 0.2) is 0 Å². The first-order chi connectivity index (χ1) is 5.57. The van der Waals surface area contributed by atoms with Crippen molar-refractivity contribution in [2.75, 3.05) is 6.54 Å². The Bertz CT molecular complexity index is 171. The van der Waals surface area contributed by atoms with Crippen LogP contribution in [-0.4, -0.2) is 29.6 Å². The molecule has 0 saturated heterocycles. The van der Waals surface area contributed by atoms with E-state index in [1.54, 1.807) is 0 Å². The SMILES string of the molecule is CC(=O)NC(CCNN)C(=O)O. The summed E-state index contributed by atoms with van der Waals surface area (Å²) in [7, 11) is 0. The Labute approximate surface area is 70.1 Å². The predicted octanol–water partition coefficient (Wildman–Crippen LogP) is -1.57. The lowest BCUT2D eigenvalue weighted by molar-refractivity contribution is -0.141. The topological polar surface area (TPSA) is 104 Å². The maximum Gasteiger partial charge on any atom is 0.326 e. The Morgan fingerprint density at radius 1 is 1.58 bits per heavy atom. The standard InChI is InChI=1S/C6H13N3O3/c1-4(10)9-5(6(11)12)2-3-8-7/h5,8H,2-3,7H2,1H3,(H,9,10)(H,11,12). The molecule has 0 spiro atoms. The summed E-state index contributed by atoms with van der Waals surface area (Å²) in [5.74, 6) is 3.54. The van der Waals surface area contributed by atoms with Crippen LogP contribution in [0.25, 0.3) is 0 Å². The van der Waals surface area contributed by atoms with Gasteiger partial charge in [0.05, 0.1) is 0 Å². The van der Waals surface area contributed by atoms with Gasteiger partial charge >= 0.3 is 5.97 Å². The lowest BCUT2D eigenvalue weighted by Crippen LogP contribution is -2.42. The van der Waals surface area contributed by atoms with E-state index in [1.165, 1.54) is 6.92 Å². The molecule has 6 heteroatoms. The molecule has 0 rings (SSSR count). The third kappa shape index (κ3) is 4.64. The van der Waals surface area contributed by atoms with Gasteiger partial charge in [-0.3, -0.25) is 16.1 Å². The first-order valence-electron chi connectivity index (χ1n) is 3.51. The van der Waals surface area contributed by atoms with Crippen molar-refractivity contribution in [1.82, 2.24) is 10.7 Å². The number of carboxylic acid groups (broad SMARTS) is 1. The molecular weight excluding hydrogens is 162 g/mol. The number of rotatable bonds is 5. The largest absolute Gasteiger partial charge is 0.480 e. The number of carboxylic acids is 1. The smallest absolute Gasteiger partial charge is 0.326 e. The minimum absolute atomic E-state index is 0.269. The molecule has 0 fully saturated rings. The number of hydrogen-bond donors (Lipinski definition) is 4. The zero-order valence-corrected chi connectivity index (χ0v) is 6.83. The zero-order chi connectivity index (χ0) is 9.56. The minimum Gasteiger partial charge on any atom is -0.480 e. The van der Waals surface area contributed by atoms with Gasteiger partial charge < -0.3 is 10.4 Å². The van der Waals surface area contributed by atoms with E-state index in [0.29, 0.717) is 6.54 Å². The highest BCUT2D eigenvalue weighted by Crippen LogP contribution is 1.90. The number of hydrogen-bond acceptors (Lipinski definition) is 4. The lowest BCUT2D eigenvalue weighted by atomic mass is 10.2. The fourth-order valence-corrected chi connectivity index (χ4v) is 0.730. The second kappa shape index (κ2) is 5.50. The maximum atomic E-state index is 10.5. The molecule has 70 valence electrons. The van der Waals surface area contributed by atoms with Crippen LogP contribution < -0.4 is 16.6 Å². The number of nitrogens with two attached hydrogens (primary N) is 1. The highest BCUT2D eigenvalue weighted by atomic mass is 16.4. The minimum atomic E-state index is -1.06. The molecule has 0 heterocycles. The Kier molecular flexibility index (Phi) is 4.98. The third-order valence-corrected chi connectivity index (χ3v) is 1.25. The molecule has 1 atom stereocenters. The van der Waals surface area contributed by atoms with Gasteiger partial charge in [-0.15, -0.1) is 0 Å². The highest BCUT2D eigenvalue weighted by molar-refractivity contribution is 5.81. The Morgan fingerprint density at radius 2 is 2.17 bits per heavy atom. The average molecular weight is 175 g/mol. The molecular formula is C6H13N3O3. The molecule has 0 aliphatic carbocycles. The molecule has 0 saturated carbocycles. The highest BCUT2D eigenvalue weighted by Gasteiger charge is 2.16. The van der Waals surface area contributed by atoms with E-state index < -0.39 is 12.0 Å². The number of carbonyl (C=O) groups excluding carboxylic acids is 1. The van der Waals surface area contributed by atoms with E-state index in [2.05, 4.69) is 10.7 Å². The van der Waals surface area contributed by atoms with Gasteiger partial charge in [-0.25, -0.2) is 4.79 Å². The second-order valence-electron chi connectivity index (χ2n) is 2.33. The van der Waals surface area contributed by atoms with Gasteiger partial charge in [-0.05, 0) is 6.42 Å². The summed E-state index contributed by atoms with van der Waals surface area (Å²) in [6, 6.07) is -0.862. The van der Waals surface area contributed by atoms with E-state index in [-0.39, 0.29) is 12.3 Å². The van der Waals surface area contributed by atoms with Gasteiger partial charge in [0, 0.05) is 13.5 Å². The summed E-state index contributed by atoms with van der Waals surface area (Å²) in [6.45, 7) is 1.61. The number of carbonyl (C=O) groups is 2. The van der Waals surface area contributed by atoms with Crippen LogP contribution in [0.2, 0.25) is 0 Å². The van der Waals surface area contributed by atoms with Gasteiger partial charge in [-0.1, -0.05) is 0 Å². The zero-order valence-electron chi connectivity index (χ0n) is 6.83. The molecule has 0 aromatic carbocycles. The Hall–Kier alpha value is -1.14. The van der Waals surface area contributed by atoms with E-state index >= 15 is 0 Å². The van der Waals surface area contributed by atoms with Crippen molar-refractivity contribution in [3.05, 3.63) is 0 Å². The van der Waals surface area contributed by atoms with Crippen molar-refractivity contribution in [3.63, 3.8) is 0 Å². The van der Waals surface area contributed by atoms with Crippen molar-refractivity contribution < 1.29 is 14.7 Å². The molecule has 6 nitrogen and oxygen atoms in total. The average Bonchev–Trinajstić information content (AvgIpc) is 1.96. The molecule has 12 heavy (non-hydrogen) atoms. The molecule has 0 aliphatic heterocycles. The second-order valence-corrected chi connectivity index (χ2v) is 2.33. The van der Waals surface area contributed by atoms with Gasteiger partial charge in [0.15, 0.2) is 0 Å². The van der Waals surface area contributed by atoms with Crippen molar-refractivity contribution >= 4 is 11.9 Å². The van der Waals surface area contributed by atoms with Crippen LogP contribution in [0.4, 0.5) is 0 Å². The molecule has 0 bridgehead atoms. The quantitative estimate of drug-likeness (QED) is 0.298. The van der Waals surface area contributed by atoms with Crippen LogP contribution in [0.5, 0.6) is 0 Å². The van der Waals surface area contributed by atoms with Crippen LogP contribution >= 0.6 is 0 Å². The van der Waals surface area contributed by atoms with Crippen LogP contribution in [0.3, 0.4) is 0 Å². The fourth-order valence-electron chi connectivity index (χ4n) is 0.730. The molecule has 0 aliphatic rings. The monoisotopic (exact) mass is 175 g/mol. The van der Waals surface area contributed by atoms with Gasteiger partial charge in [0.2, 0.25) is 5.91 Å². The Balaban J connectivity index is 3.87. The summed E-state index contributed by atoms with van der Waals surface area (Å²) < 4.78 is 0. The summed E-state index contributed by atoms with van der Waals surface area (Å²) >= 11 is 0. The first-order valence-corrected chi connectivity index (χ1v) is 3.51. The summed E-state index contributed by atoms with van der Waals surface area (Å²) in [5, 5.41) is 10.8. The van der Waals surface area contributed by atoms with Gasteiger partial charge in [0.25, 0.3) is 0 Å². The number of amides is 1. The van der Waals surface area contributed by atoms with Gasteiger partial charge in [-0.2, -0.15) is 0 Å². The van der Waals surface area contributed by atoms with Crippen LogP contribution in [0, 0.1) is 0 Å². The fraction of sp³-hybridized carbons (Fsp3) is 0.667. The number of aliphatic carboxylic acids is 1. The predicted molar refractivity (Wildman–Crippen MR) is 42.0 cm³/mol. The summed E-state index contributed by atoms with van der Waals surface area (Å²) in [4.78, 5) is 21.0. The third-order valence-electron chi connectivity index (χ3n) is 1.25. The normalized spacial score (nSPS) is 12.2. The van der Waals surface area contributed by atoms with E-state index in [4.69, 9.17) is 10.9 Å².